The molecule has 2 aromatic rings. The number of hydrogen-bond acceptors (Lipinski definition) is 6. The van der Waals surface area contributed by atoms with E-state index in [-0.39, 0.29) is 29.5 Å². The lowest BCUT2D eigenvalue weighted by atomic mass is 9.92. The van der Waals surface area contributed by atoms with Crippen molar-refractivity contribution in [3.63, 3.8) is 0 Å². The number of nitrogens with one attached hydrogen (secondary N) is 3. The van der Waals surface area contributed by atoms with Crippen LogP contribution >= 0.6 is 0 Å². The van der Waals surface area contributed by atoms with Crippen LogP contribution in [0.25, 0.3) is 0 Å². The van der Waals surface area contributed by atoms with Gasteiger partial charge in [0.25, 0.3) is 5.56 Å². The van der Waals surface area contributed by atoms with E-state index in [1.165, 1.54) is 12.1 Å². The molecular formula is C22H24F3N5O4. The van der Waals surface area contributed by atoms with Gasteiger partial charge in [0.2, 0.25) is 17.8 Å². The fraction of sp³-hybridized carbons (Fsp3) is 0.455. The maximum Gasteiger partial charge on any atom is 0.573 e. The number of amides is 2. The topological polar surface area (TPSA) is 116 Å². The minimum Gasteiger partial charge on any atom is -0.406 e. The van der Waals surface area contributed by atoms with Crippen LogP contribution in [0.5, 0.6) is 5.75 Å². The highest BCUT2D eigenvalue weighted by Crippen LogP contribution is 2.32. The van der Waals surface area contributed by atoms with Crippen LogP contribution in [0.15, 0.2) is 29.1 Å². The Kier molecular flexibility index (Phi) is 6.49. The van der Waals surface area contributed by atoms with Crippen molar-refractivity contribution in [2.75, 3.05) is 22.1 Å². The van der Waals surface area contributed by atoms with Crippen LogP contribution in [0.3, 0.4) is 0 Å². The number of piperidine rings is 1. The highest BCUT2D eigenvalue weighted by atomic mass is 19.4. The zero-order valence-electron chi connectivity index (χ0n) is 18.4. The van der Waals surface area contributed by atoms with Crippen molar-refractivity contribution < 1.29 is 27.5 Å². The van der Waals surface area contributed by atoms with Crippen molar-refractivity contribution in [3.8, 4) is 5.75 Å². The summed E-state index contributed by atoms with van der Waals surface area (Å²) in [6.45, 7) is 2.79. The number of rotatable bonds is 5. The molecule has 9 nitrogen and oxygen atoms in total. The second kappa shape index (κ2) is 9.35. The third-order valence-electron chi connectivity index (χ3n) is 5.98. The Morgan fingerprint density at radius 3 is 2.65 bits per heavy atom. The predicted octanol–water partition coefficient (Wildman–Crippen LogP) is 3.50. The van der Waals surface area contributed by atoms with E-state index in [1.807, 2.05) is 4.90 Å². The maximum absolute atomic E-state index is 13.0. The van der Waals surface area contributed by atoms with Crippen molar-refractivity contribution in [1.29, 1.82) is 0 Å². The van der Waals surface area contributed by atoms with E-state index in [2.05, 4.69) is 32.3 Å². The Bertz CT molecular complexity index is 1130. The number of anilines is 3. The van der Waals surface area contributed by atoms with Gasteiger partial charge >= 0.3 is 6.36 Å². The molecule has 1 aromatic heterocycles. The summed E-state index contributed by atoms with van der Waals surface area (Å²) in [5, 5.41) is 5.13. The SMILES string of the molecule is CC[C@@H]1CCCCN1c1nc2c(c(=O)[nH]1)[C@H](C(=O)Nc1ccc(OC(F)(F)F)cc1)CC(=O)N2. The van der Waals surface area contributed by atoms with Crippen molar-refractivity contribution in [1.82, 2.24) is 9.97 Å². The smallest absolute Gasteiger partial charge is 0.406 e. The van der Waals surface area contributed by atoms with E-state index in [0.717, 1.165) is 44.4 Å². The molecule has 2 amide bonds. The molecule has 2 aliphatic heterocycles. The van der Waals surface area contributed by atoms with Gasteiger partial charge in [0.05, 0.1) is 11.5 Å². The number of aromatic nitrogens is 2. The van der Waals surface area contributed by atoms with Gasteiger partial charge in [-0.05, 0) is 49.9 Å². The molecule has 3 heterocycles. The van der Waals surface area contributed by atoms with Crippen LogP contribution in [0, 0.1) is 0 Å². The van der Waals surface area contributed by atoms with E-state index < -0.39 is 35.4 Å². The number of ether oxygens (including phenoxy) is 1. The van der Waals surface area contributed by atoms with Crippen molar-refractivity contribution in [2.45, 2.75) is 57.3 Å². The molecule has 0 unspecified atom stereocenters. The van der Waals surface area contributed by atoms with Gasteiger partial charge < -0.3 is 20.3 Å². The number of halogens is 3. The van der Waals surface area contributed by atoms with E-state index in [1.54, 1.807) is 0 Å². The van der Waals surface area contributed by atoms with Gasteiger partial charge in [-0.2, -0.15) is 4.98 Å². The summed E-state index contributed by atoms with van der Waals surface area (Å²) in [6, 6.07) is 4.78. The zero-order valence-corrected chi connectivity index (χ0v) is 18.4. The van der Waals surface area contributed by atoms with Crippen LogP contribution in [0.2, 0.25) is 0 Å². The average molecular weight is 479 g/mol. The van der Waals surface area contributed by atoms with Crippen LogP contribution in [-0.2, 0) is 9.59 Å². The van der Waals surface area contributed by atoms with Crippen LogP contribution in [0.1, 0.15) is 50.5 Å². The molecule has 2 aliphatic rings. The number of H-pyrrole nitrogens is 1. The first-order valence-corrected chi connectivity index (χ1v) is 11.0. The van der Waals surface area contributed by atoms with Gasteiger partial charge in [0, 0.05) is 24.7 Å². The zero-order chi connectivity index (χ0) is 24.5. The normalized spacial score (nSPS) is 20.4. The van der Waals surface area contributed by atoms with Gasteiger partial charge in [0.15, 0.2) is 0 Å². The molecule has 0 saturated carbocycles. The second-order valence-electron chi connectivity index (χ2n) is 8.27. The fourth-order valence-corrected chi connectivity index (χ4v) is 4.39. The van der Waals surface area contributed by atoms with Crippen LogP contribution < -0.4 is 25.8 Å². The molecule has 2 atom stereocenters. The summed E-state index contributed by atoms with van der Waals surface area (Å²) in [7, 11) is 0. The molecule has 0 radical (unpaired) electrons. The van der Waals surface area contributed by atoms with Gasteiger partial charge in [-0.1, -0.05) is 6.92 Å². The Balaban J connectivity index is 1.57. The summed E-state index contributed by atoms with van der Waals surface area (Å²) >= 11 is 0. The molecule has 12 heteroatoms. The number of benzene rings is 1. The molecule has 34 heavy (non-hydrogen) atoms. The number of alkyl halides is 3. The second-order valence-corrected chi connectivity index (χ2v) is 8.27. The quantitative estimate of drug-likeness (QED) is 0.605. The fourth-order valence-electron chi connectivity index (χ4n) is 4.39. The first-order valence-electron chi connectivity index (χ1n) is 11.0. The summed E-state index contributed by atoms with van der Waals surface area (Å²) in [4.78, 5) is 47.5. The van der Waals surface area contributed by atoms with E-state index in [4.69, 9.17) is 0 Å². The largest absolute Gasteiger partial charge is 0.573 e. The summed E-state index contributed by atoms with van der Waals surface area (Å²) in [5.74, 6) is -2.25. The maximum atomic E-state index is 13.0. The van der Waals surface area contributed by atoms with Gasteiger partial charge in [0.1, 0.15) is 11.6 Å². The lowest BCUT2D eigenvalue weighted by Gasteiger charge is -2.36. The Morgan fingerprint density at radius 2 is 1.97 bits per heavy atom. The number of hydrogen-bond donors (Lipinski definition) is 3. The molecule has 4 rings (SSSR count). The number of carbonyl (C=O) groups excluding carboxylic acids is 2. The molecule has 1 saturated heterocycles. The van der Waals surface area contributed by atoms with Crippen molar-refractivity contribution in [2.24, 2.45) is 0 Å². The van der Waals surface area contributed by atoms with Gasteiger partial charge in [-0.15, -0.1) is 13.2 Å². The van der Waals surface area contributed by atoms with E-state index in [9.17, 15) is 27.6 Å². The van der Waals surface area contributed by atoms with Crippen molar-refractivity contribution in [3.05, 3.63) is 40.2 Å². The highest BCUT2D eigenvalue weighted by Gasteiger charge is 2.36. The Morgan fingerprint density at radius 1 is 1.24 bits per heavy atom. The van der Waals surface area contributed by atoms with Crippen LogP contribution in [0.4, 0.5) is 30.6 Å². The summed E-state index contributed by atoms with van der Waals surface area (Å²) in [5.41, 5.74) is -0.287. The first-order chi connectivity index (χ1) is 16.1. The number of fused-ring (bicyclic) bond motifs is 1. The summed E-state index contributed by atoms with van der Waals surface area (Å²) in [6.07, 6.45) is -1.19. The molecule has 0 aliphatic carbocycles. The third-order valence-corrected chi connectivity index (χ3v) is 5.98. The average Bonchev–Trinajstić information content (AvgIpc) is 2.78. The van der Waals surface area contributed by atoms with Crippen LogP contribution in [-0.4, -0.2) is 40.7 Å². The van der Waals surface area contributed by atoms with Gasteiger partial charge in [-0.25, -0.2) is 0 Å². The molecule has 182 valence electrons. The number of nitrogens with zero attached hydrogens (tertiary/aromatic N) is 2. The molecule has 1 fully saturated rings. The van der Waals surface area contributed by atoms with E-state index in [0.29, 0.717) is 5.95 Å². The molecule has 3 N–H and O–H groups in total. The minimum atomic E-state index is -4.83. The Hall–Kier alpha value is -3.57. The van der Waals surface area contributed by atoms with E-state index >= 15 is 0 Å². The van der Waals surface area contributed by atoms with Crippen molar-refractivity contribution >= 4 is 29.3 Å². The third kappa shape index (κ3) is 5.15. The molecule has 1 aromatic carbocycles. The Labute approximate surface area is 192 Å². The number of aromatic amines is 1. The monoisotopic (exact) mass is 479 g/mol. The minimum absolute atomic E-state index is 0.0444. The lowest BCUT2D eigenvalue weighted by molar-refractivity contribution is -0.274. The molecule has 0 spiro atoms. The first kappa shape index (κ1) is 23.6. The molecule has 0 bridgehead atoms. The molecular weight excluding hydrogens is 455 g/mol. The number of carbonyl (C=O) groups is 2. The highest BCUT2D eigenvalue weighted by molar-refractivity contribution is 6.04. The lowest BCUT2D eigenvalue weighted by Crippen LogP contribution is -2.43. The summed E-state index contributed by atoms with van der Waals surface area (Å²) < 4.78 is 40.8. The van der Waals surface area contributed by atoms with Gasteiger partial charge in [-0.3, -0.25) is 19.4 Å². The predicted molar refractivity (Wildman–Crippen MR) is 118 cm³/mol. The standard InChI is InChI=1S/C22H24F3N5O4/c1-2-13-5-3-4-10-30(13)21-28-18-17(20(33)29-21)15(11-16(31)27-18)19(32)26-12-6-8-14(9-7-12)34-22(23,24)25/h6-9,13,15H,2-5,10-11H2,1H3,(H,26,32)(H2,27,28,29,31,33)/t13-,15-/m1/s1.